The molecule has 0 radical (unpaired) electrons. The number of halogens is 2. The summed E-state index contributed by atoms with van der Waals surface area (Å²) in [7, 11) is 0. The average molecular weight is 370 g/mol. The summed E-state index contributed by atoms with van der Waals surface area (Å²) in [5.74, 6) is 0.324. The maximum Gasteiger partial charge on any atom is 0.410 e. The van der Waals surface area contributed by atoms with Gasteiger partial charge in [0.05, 0.1) is 10.0 Å². The Morgan fingerprint density at radius 3 is 2.62 bits per heavy atom. The highest BCUT2D eigenvalue weighted by Crippen LogP contribution is 2.50. The van der Waals surface area contributed by atoms with E-state index in [1.165, 1.54) is 0 Å². The van der Waals surface area contributed by atoms with E-state index in [4.69, 9.17) is 27.9 Å². The SMILES string of the molecule is CC(C)(C)OC(=O)N1CC2CC(=O)CC2(c2ccc(Cl)c(Cl)c2)C1. The van der Waals surface area contributed by atoms with E-state index in [0.717, 1.165) is 5.56 Å². The van der Waals surface area contributed by atoms with Gasteiger partial charge >= 0.3 is 6.09 Å². The smallest absolute Gasteiger partial charge is 0.410 e. The summed E-state index contributed by atoms with van der Waals surface area (Å²) in [6.07, 6.45) is 0.581. The summed E-state index contributed by atoms with van der Waals surface area (Å²) < 4.78 is 5.49. The van der Waals surface area contributed by atoms with Gasteiger partial charge in [-0.25, -0.2) is 4.79 Å². The molecule has 2 atom stereocenters. The van der Waals surface area contributed by atoms with Gasteiger partial charge in [-0.1, -0.05) is 29.3 Å². The first-order chi connectivity index (χ1) is 11.1. The van der Waals surface area contributed by atoms with Crippen LogP contribution >= 0.6 is 23.2 Å². The largest absolute Gasteiger partial charge is 0.444 e. The first-order valence-corrected chi connectivity index (χ1v) is 8.81. The number of nitrogens with zero attached hydrogens (tertiary/aromatic N) is 1. The van der Waals surface area contributed by atoms with E-state index in [1.54, 1.807) is 11.0 Å². The Balaban J connectivity index is 1.91. The van der Waals surface area contributed by atoms with Crippen molar-refractivity contribution in [3.8, 4) is 0 Å². The van der Waals surface area contributed by atoms with Crippen LogP contribution in [0.5, 0.6) is 0 Å². The molecule has 0 aromatic heterocycles. The van der Waals surface area contributed by atoms with Crippen LogP contribution in [0.1, 0.15) is 39.2 Å². The molecule has 1 aliphatic heterocycles. The summed E-state index contributed by atoms with van der Waals surface area (Å²) in [5.41, 5.74) is 0.0441. The molecule has 0 spiro atoms. The molecule has 6 heteroatoms. The van der Waals surface area contributed by atoms with Crippen molar-refractivity contribution in [2.75, 3.05) is 13.1 Å². The van der Waals surface area contributed by atoms with E-state index in [9.17, 15) is 9.59 Å². The lowest BCUT2D eigenvalue weighted by Gasteiger charge is -2.29. The van der Waals surface area contributed by atoms with Crippen molar-refractivity contribution in [2.24, 2.45) is 5.92 Å². The van der Waals surface area contributed by atoms with Crippen molar-refractivity contribution >= 4 is 35.1 Å². The molecule has 0 bridgehead atoms. The highest BCUT2D eigenvalue weighted by atomic mass is 35.5. The third kappa shape index (κ3) is 3.14. The van der Waals surface area contributed by atoms with Crippen molar-refractivity contribution in [3.63, 3.8) is 0 Å². The third-order valence-corrected chi connectivity index (χ3v) is 5.57. The monoisotopic (exact) mass is 369 g/mol. The first-order valence-electron chi connectivity index (χ1n) is 8.06. The number of likely N-dealkylation sites (tertiary alicyclic amines) is 1. The number of amides is 1. The fourth-order valence-electron chi connectivity index (χ4n) is 3.83. The van der Waals surface area contributed by atoms with Crippen LogP contribution in [0, 0.1) is 5.92 Å². The van der Waals surface area contributed by atoms with Gasteiger partial charge in [-0.15, -0.1) is 0 Å². The lowest BCUT2D eigenvalue weighted by Crippen LogP contribution is -2.38. The fraction of sp³-hybridized carbons (Fsp3) is 0.556. The van der Waals surface area contributed by atoms with Gasteiger partial charge in [-0.2, -0.15) is 0 Å². The van der Waals surface area contributed by atoms with E-state index in [2.05, 4.69) is 0 Å². The number of Topliss-reactive ketones (excluding diaryl/α,β-unsaturated/α-hetero) is 1. The molecular weight excluding hydrogens is 349 g/mol. The highest BCUT2D eigenvalue weighted by Gasteiger charge is 2.55. The normalized spacial score (nSPS) is 26.6. The number of hydrogen-bond acceptors (Lipinski definition) is 3. The highest BCUT2D eigenvalue weighted by molar-refractivity contribution is 6.42. The summed E-state index contributed by atoms with van der Waals surface area (Å²) in [6.45, 7) is 6.54. The quantitative estimate of drug-likeness (QED) is 0.733. The van der Waals surface area contributed by atoms with Crippen molar-refractivity contribution in [2.45, 2.75) is 44.6 Å². The Bertz CT molecular complexity index is 698. The van der Waals surface area contributed by atoms with Crippen LogP contribution in [0.25, 0.3) is 0 Å². The Hall–Kier alpha value is -1.26. The van der Waals surface area contributed by atoms with Gasteiger partial charge in [0.2, 0.25) is 0 Å². The maximum absolute atomic E-state index is 12.4. The first kappa shape index (κ1) is 17.6. The molecule has 0 N–H and O–H groups in total. The van der Waals surface area contributed by atoms with Gasteiger partial charge in [-0.05, 0) is 44.4 Å². The molecule has 2 unspecified atom stereocenters. The zero-order chi connectivity index (χ0) is 17.7. The van der Waals surface area contributed by atoms with Crippen LogP contribution < -0.4 is 0 Å². The number of hydrogen-bond donors (Lipinski definition) is 0. The molecule has 1 amide bonds. The van der Waals surface area contributed by atoms with E-state index in [0.29, 0.717) is 36.0 Å². The second-order valence-electron chi connectivity index (χ2n) is 7.76. The molecule has 1 aliphatic carbocycles. The van der Waals surface area contributed by atoms with Crippen LogP contribution in [0.15, 0.2) is 18.2 Å². The Morgan fingerprint density at radius 2 is 2.00 bits per heavy atom. The number of rotatable bonds is 1. The fourth-order valence-corrected chi connectivity index (χ4v) is 4.13. The molecule has 24 heavy (non-hydrogen) atoms. The average Bonchev–Trinajstić information content (AvgIpc) is 2.93. The van der Waals surface area contributed by atoms with Crippen molar-refractivity contribution < 1.29 is 14.3 Å². The summed E-state index contributed by atoms with van der Waals surface area (Å²) in [4.78, 5) is 26.3. The van der Waals surface area contributed by atoms with Crippen molar-refractivity contribution in [1.29, 1.82) is 0 Å². The van der Waals surface area contributed by atoms with E-state index < -0.39 is 5.60 Å². The van der Waals surface area contributed by atoms with Gasteiger partial charge in [0.1, 0.15) is 11.4 Å². The molecule has 2 aliphatic rings. The lowest BCUT2D eigenvalue weighted by atomic mass is 9.74. The maximum atomic E-state index is 12.4. The molecule has 1 heterocycles. The number of carbonyl (C=O) groups excluding carboxylic acids is 2. The van der Waals surface area contributed by atoms with Gasteiger partial charge in [-0.3, -0.25) is 4.79 Å². The molecular formula is C18H21Cl2NO3. The van der Waals surface area contributed by atoms with Crippen molar-refractivity contribution in [3.05, 3.63) is 33.8 Å². The van der Waals surface area contributed by atoms with E-state index in [1.807, 2.05) is 32.9 Å². The molecule has 3 rings (SSSR count). The number of benzene rings is 1. The number of ketones is 1. The van der Waals surface area contributed by atoms with E-state index in [-0.39, 0.29) is 23.2 Å². The van der Waals surface area contributed by atoms with Crippen molar-refractivity contribution in [1.82, 2.24) is 4.90 Å². The minimum absolute atomic E-state index is 0.0924. The third-order valence-electron chi connectivity index (χ3n) is 4.83. The Kier molecular flexibility index (Phi) is 4.33. The molecule has 1 saturated carbocycles. The predicted molar refractivity (Wildman–Crippen MR) is 93.7 cm³/mol. The van der Waals surface area contributed by atoms with E-state index >= 15 is 0 Å². The predicted octanol–water partition coefficient (Wildman–Crippen LogP) is 4.46. The Labute approximate surface area is 152 Å². The molecule has 1 aromatic rings. The second-order valence-corrected chi connectivity index (χ2v) is 8.58. The van der Waals surface area contributed by atoms with Crippen LogP contribution in [0.4, 0.5) is 4.79 Å². The summed E-state index contributed by atoms with van der Waals surface area (Å²) >= 11 is 12.2. The van der Waals surface area contributed by atoms with Crippen LogP contribution in [-0.2, 0) is 14.9 Å². The molecule has 1 saturated heterocycles. The minimum atomic E-state index is -0.540. The van der Waals surface area contributed by atoms with Gasteiger partial charge < -0.3 is 9.64 Å². The zero-order valence-electron chi connectivity index (χ0n) is 14.1. The number of carbonyl (C=O) groups is 2. The molecule has 2 fully saturated rings. The molecule has 1 aromatic carbocycles. The van der Waals surface area contributed by atoms with Crippen LogP contribution in [-0.4, -0.2) is 35.5 Å². The zero-order valence-corrected chi connectivity index (χ0v) is 15.6. The second kappa shape index (κ2) is 5.92. The van der Waals surface area contributed by atoms with Gasteiger partial charge in [0, 0.05) is 31.3 Å². The number of ether oxygens (including phenoxy) is 1. The van der Waals surface area contributed by atoms with Crippen LogP contribution in [0.2, 0.25) is 10.0 Å². The number of fused-ring (bicyclic) bond motifs is 1. The summed E-state index contributed by atoms with van der Waals surface area (Å²) in [6, 6.07) is 5.50. The van der Waals surface area contributed by atoms with Crippen LogP contribution in [0.3, 0.4) is 0 Å². The Morgan fingerprint density at radius 1 is 1.29 bits per heavy atom. The summed E-state index contributed by atoms with van der Waals surface area (Å²) in [5, 5.41) is 0.956. The minimum Gasteiger partial charge on any atom is -0.444 e. The van der Waals surface area contributed by atoms with Gasteiger partial charge in [0.15, 0.2) is 0 Å². The molecule has 4 nitrogen and oxygen atoms in total. The topological polar surface area (TPSA) is 46.6 Å². The standard InChI is InChI=1S/C18H21Cl2NO3/c1-17(2,3)24-16(23)21-9-12-6-13(22)8-18(12,10-21)11-4-5-14(19)15(20)7-11/h4-5,7,12H,6,8-10H2,1-3H3. The lowest BCUT2D eigenvalue weighted by molar-refractivity contribution is -0.118. The molecule has 130 valence electrons. The van der Waals surface area contributed by atoms with Gasteiger partial charge in [0.25, 0.3) is 0 Å².